The Bertz CT molecular complexity index is 808. The molecule has 1 heterocycles. The van der Waals surface area contributed by atoms with Crippen LogP contribution in [-0.2, 0) is 0 Å². The van der Waals surface area contributed by atoms with Gasteiger partial charge in [0.25, 0.3) is 5.22 Å². The number of rotatable bonds is 8. The maximum atomic E-state index is 5.97. The number of benzene rings is 2. The van der Waals surface area contributed by atoms with Crippen molar-refractivity contribution in [3.8, 4) is 23.0 Å². The van der Waals surface area contributed by atoms with E-state index in [0.29, 0.717) is 22.7 Å². The molecule has 0 fully saturated rings. The molecule has 0 spiro atoms. The Morgan fingerprint density at radius 1 is 1.08 bits per heavy atom. The molecule has 0 atom stereocenters. The third kappa shape index (κ3) is 5.14. The summed E-state index contributed by atoms with van der Waals surface area (Å²) in [6.45, 7) is 0.620. The monoisotopic (exact) mass is 376 g/mol. The summed E-state index contributed by atoms with van der Waals surface area (Å²) in [5, 5.41) is 9.28. The van der Waals surface area contributed by atoms with Crippen molar-refractivity contribution in [2.75, 3.05) is 19.5 Å². The van der Waals surface area contributed by atoms with Crippen molar-refractivity contribution < 1.29 is 13.9 Å². The molecule has 130 valence electrons. The van der Waals surface area contributed by atoms with Crippen molar-refractivity contribution in [3.05, 3.63) is 53.6 Å². The maximum absolute atomic E-state index is 5.97. The van der Waals surface area contributed by atoms with Crippen molar-refractivity contribution in [1.82, 2.24) is 10.2 Å². The van der Waals surface area contributed by atoms with E-state index < -0.39 is 0 Å². The lowest BCUT2D eigenvalue weighted by Crippen LogP contribution is -1.98. The number of aromatic nitrogens is 2. The van der Waals surface area contributed by atoms with Crippen molar-refractivity contribution in [2.24, 2.45) is 0 Å². The summed E-state index contributed by atoms with van der Waals surface area (Å²) in [5.74, 6) is 2.94. The van der Waals surface area contributed by atoms with Gasteiger partial charge in [-0.3, -0.25) is 0 Å². The Balaban J connectivity index is 1.42. The predicted molar refractivity (Wildman–Crippen MR) is 98.6 cm³/mol. The summed E-state index contributed by atoms with van der Waals surface area (Å²) in [4.78, 5) is 0. The summed E-state index contributed by atoms with van der Waals surface area (Å²) in [7, 11) is 1.64. The number of thioether (sulfide) groups is 1. The van der Waals surface area contributed by atoms with Crippen molar-refractivity contribution >= 4 is 23.4 Å². The number of hydrogen-bond acceptors (Lipinski definition) is 6. The summed E-state index contributed by atoms with van der Waals surface area (Å²) < 4.78 is 16.4. The molecule has 0 bridgehead atoms. The minimum absolute atomic E-state index is 0.472. The van der Waals surface area contributed by atoms with Crippen LogP contribution in [0, 0.1) is 0 Å². The molecule has 0 aliphatic carbocycles. The normalized spacial score (nSPS) is 10.6. The van der Waals surface area contributed by atoms with Gasteiger partial charge in [-0.15, -0.1) is 10.2 Å². The average Bonchev–Trinajstić information content (AvgIpc) is 3.11. The number of hydrogen-bond donors (Lipinski definition) is 0. The van der Waals surface area contributed by atoms with Gasteiger partial charge < -0.3 is 13.9 Å². The molecule has 25 heavy (non-hydrogen) atoms. The fourth-order valence-electron chi connectivity index (χ4n) is 2.09. The number of nitrogens with zero attached hydrogens (tertiary/aromatic N) is 2. The lowest BCUT2D eigenvalue weighted by atomic mass is 10.2. The van der Waals surface area contributed by atoms with E-state index in [1.165, 1.54) is 11.8 Å². The molecule has 2 aromatic carbocycles. The molecule has 0 unspecified atom stereocenters. The van der Waals surface area contributed by atoms with E-state index in [1.807, 2.05) is 36.4 Å². The van der Waals surface area contributed by atoms with Crippen LogP contribution in [0.1, 0.15) is 6.42 Å². The highest BCUT2D eigenvalue weighted by Gasteiger charge is 2.09. The lowest BCUT2D eigenvalue weighted by Gasteiger charge is -2.06. The predicted octanol–water partition coefficient (Wildman–Crippen LogP) is 4.96. The van der Waals surface area contributed by atoms with Gasteiger partial charge in [-0.25, -0.2) is 0 Å². The van der Waals surface area contributed by atoms with Crippen LogP contribution in [0.4, 0.5) is 0 Å². The average molecular weight is 377 g/mol. The van der Waals surface area contributed by atoms with Gasteiger partial charge in [0.05, 0.1) is 13.7 Å². The molecule has 3 aromatic rings. The molecule has 0 aliphatic heterocycles. The van der Waals surface area contributed by atoms with Crippen LogP contribution >= 0.6 is 23.4 Å². The van der Waals surface area contributed by atoms with Gasteiger partial charge in [0, 0.05) is 16.3 Å². The van der Waals surface area contributed by atoms with Crippen LogP contribution in [-0.4, -0.2) is 29.7 Å². The van der Waals surface area contributed by atoms with Gasteiger partial charge in [0.1, 0.15) is 11.5 Å². The minimum Gasteiger partial charge on any atom is -0.497 e. The second-order valence-electron chi connectivity index (χ2n) is 5.11. The Morgan fingerprint density at radius 2 is 1.88 bits per heavy atom. The molecule has 7 heteroatoms. The summed E-state index contributed by atoms with van der Waals surface area (Å²) in [5.41, 5.74) is 0.815. The molecule has 3 rings (SSSR count). The van der Waals surface area contributed by atoms with Gasteiger partial charge in [-0.1, -0.05) is 29.4 Å². The summed E-state index contributed by atoms with van der Waals surface area (Å²) in [6, 6.07) is 14.9. The quantitative estimate of drug-likeness (QED) is 0.409. The van der Waals surface area contributed by atoms with Crippen molar-refractivity contribution in [3.63, 3.8) is 0 Å². The van der Waals surface area contributed by atoms with E-state index in [9.17, 15) is 0 Å². The first-order chi connectivity index (χ1) is 12.2. The van der Waals surface area contributed by atoms with Crippen LogP contribution in [0.15, 0.2) is 58.2 Å². The first-order valence-electron chi connectivity index (χ1n) is 7.74. The van der Waals surface area contributed by atoms with Gasteiger partial charge in [-0.05, 0) is 48.9 Å². The van der Waals surface area contributed by atoms with E-state index in [1.54, 1.807) is 19.2 Å². The molecule has 0 N–H and O–H groups in total. The fraction of sp³-hybridized carbons (Fsp3) is 0.222. The lowest BCUT2D eigenvalue weighted by molar-refractivity contribution is 0.317. The SMILES string of the molecule is COc1ccc(OCCCSc2nnc(-c3cccc(Cl)c3)o2)cc1. The van der Waals surface area contributed by atoms with Crippen LogP contribution in [0.5, 0.6) is 11.5 Å². The highest BCUT2D eigenvalue weighted by molar-refractivity contribution is 7.99. The standard InChI is InChI=1S/C18H17ClN2O3S/c1-22-15-6-8-16(9-7-15)23-10-3-11-25-18-21-20-17(24-18)13-4-2-5-14(19)12-13/h2,4-9,12H,3,10-11H2,1H3. The Morgan fingerprint density at radius 3 is 2.64 bits per heavy atom. The zero-order valence-electron chi connectivity index (χ0n) is 13.6. The molecule has 0 aliphatic rings. The highest BCUT2D eigenvalue weighted by atomic mass is 35.5. The van der Waals surface area contributed by atoms with Crippen molar-refractivity contribution in [1.29, 1.82) is 0 Å². The van der Waals surface area contributed by atoms with Gasteiger partial charge >= 0.3 is 0 Å². The third-order valence-corrected chi connectivity index (χ3v) is 4.46. The zero-order chi connectivity index (χ0) is 17.5. The van der Waals surface area contributed by atoms with E-state index in [2.05, 4.69) is 10.2 Å². The molecule has 0 saturated heterocycles. The zero-order valence-corrected chi connectivity index (χ0v) is 15.2. The van der Waals surface area contributed by atoms with Crippen LogP contribution in [0.25, 0.3) is 11.5 Å². The van der Waals surface area contributed by atoms with Crippen LogP contribution in [0.3, 0.4) is 0 Å². The van der Waals surface area contributed by atoms with Crippen LogP contribution < -0.4 is 9.47 Å². The molecule has 1 aromatic heterocycles. The fourth-order valence-corrected chi connectivity index (χ4v) is 2.95. The van der Waals surface area contributed by atoms with Gasteiger partial charge in [-0.2, -0.15) is 0 Å². The topological polar surface area (TPSA) is 57.4 Å². The highest BCUT2D eigenvalue weighted by Crippen LogP contribution is 2.25. The molecular formula is C18H17ClN2O3S. The Labute approximate surface area is 155 Å². The van der Waals surface area contributed by atoms with Crippen LogP contribution in [0.2, 0.25) is 5.02 Å². The third-order valence-electron chi connectivity index (χ3n) is 3.32. The van der Waals surface area contributed by atoms with Gasteiger partial charge in [0.2, 0.25) is 5.89 Å². The number of methoxy groups -OCH3 is 1. The summed E-state index contributed by atoms with van der Waals surface area (Å²) in [6.07, 6.45) is 0.867. The largest absolute Gasteiger partial charge is 0.497 e. The molecular weight excluding hydrogens is 360 g/mol. The molecule has 5 nitrogen and oxygen atoms in total. The summed E-state index contributed by atoms with van der Waals surface area (Å²) >= 11 is 7.48. The maximum Gasteiger partial charge on any atom is 0.276 e. The molecule has 0 saturated carbocycles. The first kappa shape index (κ1) is 17.6. The van der Waals surface area contributed by atoms with E-state index in [0.717, 1.165) is 29.2 Å². The second-order valence-corrected chi connectivity index (χ2v) is 6.59. The molecule has 0 radical (unpaired) electrons. The number of halogens is 1. The first-order valence-corrected chi connectivity index (χ1v) is 9.10. The van der Waals surface area contributed by atoms with E-state index in [4.69, 9.17) is 25.5 Å². The number of ether oxygens (including phenoxy) is 2. The minimum atomic E-state index is 0.472. The van der Waals surface area contributed by atoms with E-state index in [-0.39, 0.29) is 0 Å². The Hall–Kier alpha value is -2.18. The smallest absolute Gasteiger partial charge is 0.276 e. The van der Waals surface area contributed by atoms with E-state index >= 15 is 0 Å². The van der Waals surface area contributed by atoms with Crippen molar-refractivity contribution in [2.45, 2.75) is 11.6 Å². The second kappa shape index (κ2) is 8.78. The Kier molecular flexibility index (Phi) is 6.19. The van der Waals surface area contributed by atoms with Gasteiger partial charge in [0.15, 0.2) is 0 Å². The molecule has 0 amide bonds.